The number of nitrogens with one attached hydrogen (secondary N) is 1. The van der Waals surface area contributed by atoms with Gasteiger partial charge in [0, 0.05) is 37.6 Å². The van der Waals surface area contributed by atoms with E-state index in [1.807, 2.05) is 30.3 Å². The van der Waals surface area contributed by atoms with Crippen molar-refractivity contribution >= 4 is 10.8 Å². The first-order valence-corrected chi connectivity index (χ1v) is 7.57. The summed E-state index contributed by atoms with van der Waals surface area (Å²) in [4.78, 5) is 2.51. The number of fused-ring (bicyclic) bond motifs is 1. The maximum atomic E-state index is 10.1. The summed E-state index contributed by atoms with van der Waals surface area (Å²) in [5.41, 5.74) is 1.28. The van der Waals surface area contributed by atoms with Gasteiger partial charge in [0.25, 0.3) is 0 Å². The fourth-order valence-electron chi connectivity index (χ4n) is 3.22. The van der Waals surface area contributed by atoms with Gasteiger partial charge in [-0.2, -0.15) is 0 Å². The van der Waals surface area contributed by atoms with Gasteiger partial charge >= 0.3 is 0 Å². The van der Waals surface area contributed by atoms with E-state index in [2.05, 4.69) is 28.9 Å². The molecule has 1 fully saturated rings. The Morgan fingerprint density at radius 3 is 2.57 bits per heavy atom. The lowest BCUT2D eigenvalue weighted by atomic mass is 9.94. The van der Waals surface area contributed by atoms with Gasteiger partial charge in [0.2, 0.25) is 0 Å². The standard InChI is InChI=1S/C18H22N2O/c1-2-5-17(20-12-10-19-11-13-20)15-8-9-18(21)16-7-4-3-6-14(15)16/h2-4,6-9,17,19,21H,1,5,10-13H2/t17-/m0/s1. The van der Waals surface area contributed by atoms with Gasteiger partial charge in [0.1, 0.15) is 5.75 Å². The normalized spacial score (nSPS) is 17.7. The van der Waals surface area contributed by atoms with Gasteiger partial charge in [0.15, 0.2) is 0 Å². The monoisotopic (exact) mass is 282 g/mol. The first kappa shape index (κ1) is 14.1. The smallest absolute Gasteiger partial charge is 0.123 e. The molecule has 3 rings (SSSR count). The molecule has 0 unspecified atom stereocenters. The lowest BCUT2D eigenvalue weighted by molar-refractivity contribution is 0.175. The van der Waals surface area contributed by atoms with E-state index in [0.717, 1.165) is 43.4 Å². The molecule has 1 saturated heterocycles. The molecule has 0 aromatic heterocycles. The van der Waals surface area contributed by atoms with Gasteiger partial charge < -0.3 is 10.4 Å². The van der Waals surface area contributed by atoms with Crippen LogP contribution in [0.2, 0.25) is 0 Å². The van der Waals surface area contributed by atoms with Gasteiger partial charge in [-0.25, -0.2) is 0 Å². The van der Waals surface area contributed by atoms with Crippen LogP contribution < -0.4 is 5.32 Å². The molecule has 0 spiro atoms. The number of benzene rings is 2. The molecule has 0 amide bonds. The summed E-state index contributed by atoms with van der Waals surface area (Å²) in [6, 6.07) is 12.3. The number of piperazine rings is 1. The Balaban J connectivity index is 2.06. The van der Waals surface area contributed by atoms with E-state index in [-0.39, 0.29) is 0 Å². The van der Waals surface area contributed by atoms with Crippen LogP contribution in [-0.2, 0) is 0 Å². The molecule has 1 aliphatic heterocycles. The summed E-state index contributed by atoms with van der Waals surface area (Å²) in [6.07, 6.45) is 2.92. The van der Waals surface area contributed by atoms with Crippen molar-refractivity contribution < 1.29 is 5.11 Å². The van der Waals surface area contributed by atoms with E-state index in [1.165, 1.54) is 5.56 Å². The Morgan fingerprint density at radius 2 is 1.86 bits per heavy atom. The molecule has 3 heteroatoms. The molecule has 0 bridgehead atoms. The summed E-state index contributed by atoms with van der Waals surface area (Å²) in [7, 11) is 0. The molecule has 1 aliphatic rings. The van der Waals surface area contributed by atoms with E-state index in [1.54, 1.807) is 0 Å². The van der Waals surface area contributed by atoms with Gasteiger partial charge in [-0.3, -0.25) is 4.90 Å². The van der Waals surface area contributed by atoms with Gasteiger partial charge in [0.05, 0.1) is 0 Å². The lowest BCUT2D eigenvalue weighted by Crippen LogP contribution is -2.45. The third-order valence-electron chi connectivity index (χ3n) is 4.28. The third-order valence-corrected chi connectivity index (χ3v) is 4.28. The average molecular weight is 282 g/mol. The maximum Gasteiger partial charge on any atom is 0.123 e. The lowest BCUT2D eigenvalue weighted by Gasteiger charge is -2.35. The second kappa shape index (κ2) is 6.29. The second-order valence-electron chi connectivity index (χ2n) is 5.55. The summed E-state index contributed by atoms with van der Waals surface area (Å²) in [5.74, 6) is 0.354. The largest absolute Gasteiger partial charge is 0.507 e. The van der Waals surface area contributed by atoms with Crippen molar-refractivity contribution in [2.24, 2.45) is 0 Å². The number of hydrogen-bond donors (Lipinski definition) is 2. The van der Waals surface area contributed by atoms with Crippen molar-refractivity contribution in [2.75, 3.05) is 26.2 Å². The molecular weight excluding hydrogens is 260 g/mol. The highest BCUT2D eigenvalue weighted by atomic mass is 16.3. The van der Waals surface area contributed by atoms with Crippen LogP contribution in [0, 0.1) is 0 Å². The first-order valence-electron chi connectivity index (χ1n) is 7.57. The molecule has 0 radical (unpaired) electrons. The summed E-state index contributed by atoms with van der Waals surface area (Å²) in [6.45, 7) is 8.09. The Morgan fingerprint density at radius 1 is 1.14 bits per heavy atom. The second-order valence-corrected chi connectivity index (χ2v) is 5.55. The summed E-state index contributed by atoms with van der Waals surface area (Å²) >= 11 is 0. The van der Waals surface area contributed by atoms with E-state index >= 15 is 0 Å². The number of nitrogens with zero attached hydrogens (tertiary/aromatic N) is 1. The van der Waals surface area contributed by atoms with Crippen molar-refractivity contribution in [3.63, 3.8) is 0 Å². The maximum absolute atomic E-state index is 10.1. The minimum Gasteiger partial charge on any atom is -0.507 e. The fraction of sp³-hybridized carbons (Fsp3) is 0.333. The topological polar surface area (TPSA) is 35.5 Å². The van der Waals surface area contributed by atoms with Crippen molar-refractivity contribution in [3.8, 4) is 5.75 Å². The Labute approximate surface area is 125 Å². The van der Waals surface area contributed by atoms with E-state index < -0.39 is 0 Å². The van der Waals surface area contributed by atoms with E-state index in [4.69, 9.17) is 0 Å². The van der Waals surface area contributed by atoms with Crippen LogP contribution in [0.4, 0.5) is 0 Å². The van der Waals surface area contributed by atoms with Crippen molar-refractivity contribution in [1.82, 2.24) is 10.2 Å². The van der Waals surface area contributed by atoms with Crippen molar-refractivity contribution in [1.29, 1.82) is 0 Å². The first-order chi connectivity index (χ1) is 10.3. The number of hydrogen-bond acceptors (Lipinski definition) is 3. The quantitative estimate of drug-likeness (QED) is 0.846. The molecule has 110 valence electrons. The zero-order valence-corrected chi connectivity index (χ0v) is 12.3. The minimum absolute atomic E-state index is 0.329. The Kier molecular flexibility index (Phi) is 4.23. The number of phenolic OH excluding ortho intramolecular Hbond substituents is 1. The van der Waals surface area contributed by atoms with Crippen molar-refractivity contribution in [3.05, 3.63) is 54.6 Å². The number of aromatic hydroxyl groups is 1. The van der Waals surface area contributed by atoms with Gasteiger partial charge in [-0.05, 0) is 23.4 Å². The molecule has 0 aliphatic carbocycles. The zero-order valence-electron chi connectivity index (χ0n) is 12.3. The molecule has 1 atom stereocenters. The molecule has 2 N–H and O–H groups in total. The van der Waals surface area contributed by atoms with Gasteiger partial charge in [-0.1, -0.05) is 36.4 Å². The molecule has 2 aromatic rings. The highest BCUT2D eigenvalue weighted by Gasteiger charge is 2.23. The molecule has 1 heterocycles. The van der Waals surface area contributed by atoms with Crippen molar-refractivity contribution in [2.45, 2.75) is 12.5 Å². The van der Waals surface area contributed by atoms with Crippen LogP contribution in [-0.4, -0.2) is 36.2 Å². The van der Waals surface area contributed by atoms with Crippen LogP contribution in [0.3, 0.4) is 0 Å². The highest BCUT2D eigenvalue weighted by Crippen LogP contribution is 2.35. The molecule has 2 aromatic carbocycles. The molecular formula is C18H22N2O. The third kappa shape index (κ3) is 2.80. The van der Waals surface area contributed by atoms with Crippen LogP contribution in [0.1, 0.15) is 18.0 Å². The van der Waals surface area contributed by atoms with Crippen LogP contribution in [0.25, 0.3) is 10.8 Å². The van der Waals surface area contributed by atoms with Crippen LogP contribution in [0.15, 0.2) is 49.1 Å². The Hall–Kier alpha value is -1.84. The van der Waals surface area contributed by atoms with Crippen LogP contribution >= 0.6 is 0 Å². The van der Waals surface area contributed by atoms with E-state index in [0.29, 0.717) is 11.8 Å². The molecule has 0 saturated carbocycles. The summed E-state index contributed by atoms with van der Waals surface area (Å²) in [5, 5.41) is 15.5. The minimum atomic E-state index is 0.329. The SMILES string of the molecule is C=CC[C@@H](c1ccc(O)c2ccccc12)N1CCNCC1. The average Bonchev–Trinajstić information content (AvgIpc) is 2.55. The Bertz CT molecular complexity index is 632. The van der Waals surface area contributed by atoms with Crippen LogP contribution in [0.5, 0.6) is 5.75 Å². The van der Waals surface area contributed by atoms with E-state index in [9.17, 15) is 5.11 Å². The summed E-state index contributed by atoms with van der Waals surface area (Å²) < 4.78 is 0. The number of rotatable bonds is 4. The molecule has 21 heavy (non-hydrogen) atoms. The zero-order chi connectivity index (χ0) is 14.7. The predicted molar refractivity (Wildman–Crippen MR) is 87.6 cm³/mol. The fourth-order valence-corrected chi connectivity index (χ4v) is 3.22. The predicted octanol–water partition coefficient (Wildman–Crippen LogP) is 3.07. The molecule has 3 nitrogen and oxygen atoms in total. The van der Waals surface area contributed by atoms with Gasteiger partial charge in [-0.15, -0.1) is 6.58 Å². The highest BCUT2D eigenvalue weighted by molar-refractivity contribution is 5.91. The number of phenols is 1.